The van der Waals surface area contributed by atoms with Gasteiger partial charge in [0.1, 0.15) is 5.75 Å². The summed E-state index contributed by atoms with van der Waals surface area (Å²) < 4.78 is 38.8. The van der Waals surface area contributed by atoms with E-state index in [9.17, 15) is 23.1 Å². The third-order valence-corrected chi connectivity index (χ3v) is 3.50. The van der Waals surface area contributed by atoms with Crippen LogP contribution in [-0.4, -0.2) is 17.2 Å². The van der Waals surface area contributed by atoms with Crippen molar-refractivity contribution >= 4 is 35.3 Å². The van der Waals surface area contributed by atoms with Crippen molar-refractivity contribution < 1.29 is 23.1 Å². The van der Waals surface area contributed by atoms with Gasteiger partial charge in [0.2, 0.25) is 0 Å². The lowest BCUT2D eigenvalue weighted by atomic mass is 10.1. The number of halogens is 5. The van der Waals surface area contributed by atoms with Crippen molar-refractivity contribution in [3.63, 3.8) is 0 Å². The number of nitrogens with zero attached hydrogens (tertiary/aromatic N) is 1. The topological polar surface area (TPSA) is 61.7 Å². The third kappa shape index (κ3) is 4.18. The predicted octanol–water partition coefficient (Wildman–Crippen LogP) is 4.48. The standard InChI is InChI=1S/C15H9Cl2F3N2O2/c16-9-3-1-8(2-4-9)14(24)22-21-7-10-11(15(18,19)20)5-6-12(17)13(10)23/h1-7,23H,(H,22,24). The van der Waals surface area contributed by atoms with Gasteiger partial charge >= 0.3 is 6.18 Å². The maximum atomic E-state index is 12.9. The van der Waals surface area contributed by atoms with Crippen molar-refractivity contribution in [2.45, 2.75) is 6.18 Å². The zero-order valence-corrected chi connectivity index (χ0v) is 13.2. The molecule has 4 nitrogen and oxygen atoms in total. The van der Waals surface area contributed by atoms with Gasteiger partial charge in [0.05, 0.1) is 22.4 Å². The molecule has 0 bridgehead atoms. The van der Waals surface area contributed by atoms with Crippen molar-refractivity contribution in [2.24, 2.45) is 5.10 Å². The molecule has 0 aromatic heterocycles. The van der Waals surface area contributed by atoms with Crippen LogP contribution in [-0.2, 0) is 6.18 Å². The van der Waals surface area contributed by atoms with Gasteiger partial charge in [0.15, 0.2) is 0 Å². The summed E-state index contributed by atoms with van der Waals surface area (Å²) in [5, 5.41) is 13.3. The second-order valence-electron chi connectivity index (χ2n) is 4.56. The number of rotatable bonds is 3. The molecule has 126 valence electrons. The number of hydrogen-bond acceptors (Lipinski definition) is 3. The minimum absolute atomic E-state index is 0.211. The van der Waals surface area contributed by atoms with E-state index in [1.54, 1.807) is 0 Å². The molecule has 0 radical (unpaired) electrons. The number of alkyl halides is 3. The fraction of sp³-hybridized carbons (Fsp3) is 0.0667. The molecule has 9 heteroatoms. The van der Waals surface area contributed by atoms with E-state index in [0.29, 0.717) is 17.3 Å². The summed E-state index contributed by atoms with van der Waals surface area (Å²) >= 11 is 11.3. The molecule has 0 unspecified atom stereocenters. The summed E-state index contributed by atoms with van der Waals surface area (Å²) in [5.74, 6) is -1.44. The first-order valence-corrected chi connectivity index (χ1v) is 7.13. The largest absolute Gasteiger partial charge is 0.506 e. The smallest absolute Gasteiger partial charge is 0.417 e. The number of carbonyl (C=O) groups excluding carboxylic acids is 1. The van der Waals surface area contributed by atoms with Crippen LogP contribution in [0.25, 0.3) is 0 Å². The molecule has 0 saturated carbocycles. The molecule has 0 aliphatic heterocycles. The van der Waals surface area contributed by atoms with E-state index in [1.807, 2.05) is 0 Å². The van der Waals surface area contributed by atoms with Crippen molar-refractivity contribution in [2.75, 3.05) is 0 Å². The Kier molecular flexibility index (Phi) is 5.36. The number of amides is 1. The summed E-state index contributed by atoms with van der Waals surface area (Å²) in [6, 6.07) is 7.43. The van der Waals surface area contributed by atoms with Crippen LogP contribution in [0.2, 0.25) is 10.0 Å². The van der Waals surface area contributed by atoms with Crippen LogP contribution in [0.5, 0.6) is 5.75 Å². The minimum Gasteiger partial charge on any atom is -0.506 e. The van der Waals surface area contributed by atoms with E-state index in [1.165, 1.54) is 24.3 Å². The normalized spacial score (nSPS) is 11.7. The Labute approximate surface area is 144 Å². The highest BCUT2D eigenvalue weighted by atomic mass is 35.5. The summed E-state index contributed by atoms with van der Waals surface area (Å²) in [4.78, 5) is 11.8. The number of hydrazone groups is 1. The highest BCUT2D eigenvalue weighted by molar-refractivity contribution is 6.32. The fourth-order valence-corrected chi connectivity index (χ4v) is 2.07. The Morgan fingerprint density at radius 2 is 1.75 bits per heavy atom. The van der Waals surface area contributed by atoms with Crippen LogP contribution >= 0.6 is 23.2 Å². The predicted molar refractivity (Wildman–Crippen MR) is 84.6 cm³/mol. The van der Waals surface area contributed by atoms with Gasteiger partial charge in [0.25, 0.3) is 5.91 Å². The molecule has 2 N–H and O–H groups in total. The first-order valence-electron chi connectivity index (χ1n) is 6.38. The molecule has 0 spiro atoms. The summed E-state index contributed by atoms with van der Waals surface area (Å²) in [5.41, 5.74) is 0.492. The number of benzene rings is 2. The monoisotopic (exact) mass is 376 g/mol. The molecule has 0 aliphatic carbocycles. The molecule has 24 heavy (non-hydrogen) atoms. The van der Waals surface area contributed by atoms with E-state index < -0.39 is 29.0 Å². The van der Waals surface area contributed by atoms with Crippen molar-refractivity contribution in [1.29, 1.82) is 0 Å². The SMILES string of the molecule is O=C(NN=Cc1c(C(F)(F)F)ccc(Cl)c1O)c1ccc(Cl)cc1. The first-order chi connectivity index (χ1) is 11.2. The Morgan fingerprint density at radius 3 is 2.33 bits per heavy atom. The number of phenols is 1. The molecule has 0 aliphatic rings. The second kappa shape index (κ2) is 7.11. The lowest BCUT2D eigenvalue weighted by Gasteiger charge is -2.12. The van der Waals surface area contributed by atoms with E-state index in [0.717, 1.165) is 6.07 Å². The maximum absolute atomic E-state index is 12.9. The Balaban J connectivity index is 2.24. The zero-order chi connectivity index (χ0) is 17.9. The summed E-state index contributed by atoms with van der Waals surface area (Å²) in [7, 11) is 0. The van der Waals surface area contributed by atoms with Crippen LogP contribution < -0.4 is 5.43 Å². The average molecular weight is 377 g/mol. The van der Waals surface area contributed by atoms with Crippen LogP contribution in [0.15, 0.2) is 41.5 Å². The molecule has 1 amide bonds. The van der Waals surface area contributed by atoms with E-state index >= 15 is 0 Å². The van der Waals surface area contributed by atoms with E-state index in [2.05, 4.69) is 10.5 Å². The fourth-order valence-electron chi connectivity index (χ4n) is 1.78. The maximum Gasteiger partial charge on any atom is 0.417 e. The second-order valence-corrected chi connectivity index (χ2v) is 5.40. The van der Waals surface area contributed by atoms with Crippen LogP contribution in [0.1, 0.15) is 21.5 Å². The number of aromatic hydroxyl groups is 1. The average Bonchev–Trinajstić information content (AvgIpc) is 2.50. The summed E-state index contributed by atoms with van der Waals surface area (Å²) in [6.45, 7) is 0. The molecular weight excluding hydrogens is 368 g/mol. The molecule has 2 rings (SSSR count). The molecule has 2 aromatic rings. The zero-order valence-electron chi connectivity index (χ0n) is 11.7. The Hall–Kier alpha value is -2.25. The number of hydrogen-bond donors (Lipinski definition) is 2. The molecule has 0 heterocycles. The quantitative estimate of drug-likeness (QED) is 0.612. The Morgan fingerprint density at radius 1 is 1.12 bits per heavy atom. The van der Waals surface area contributed by atoms with Crippen molar-refractivity contribution in [3.05, 3.63) is 63.1 Å². The highest BCUT2D eigenvalue weighted by Gasteiger charge is 2.34. The molecule has 2 aromatic carbocycles. The lowest BCUT2D eigenvalue weighted by molar-refractivity contribution is -0.137. The number of carbonyl (C=O) groups is 1. The van der Waals surface area contributed by atoms with Gasteiger partial charge in [-0.3, -0.25) is 4.79 Å². The van der Waals surface area contributed by atoms with Gasteiger partial charge in [0, 0.05) is 10.6 Å². The van der Waals surface area contributed by atoms with E-state index in [-0.39, 0.29) is 10.6 Å². The van der Waals surface area contributed by atoms with Gasteiger partial charge in [-0.1, -0.05) is 23.2 Å². The van der Waals surface area contributed by atoms with Gasteiger partial charge < -0.3 is 5.11 Å². The van der Waals surface area contributed by atoms with Gasteiger partial charge in [-0.05, 0) is 36.4 Å². The van der Waals surface area contributed by atoms with E-state index in [4.69, 9.17) is 23.2 Å². The lowest BCUT2D eigenvalue weighted by Crippen LogP contribution is -2.18. The van der Waals surface area contributed by atoms with Crippen LogP contribution in [0.4, 0.5) is 13.2 Å². The molecule has 0 atom stereocenters. The van der Waals surface area contributed by atoms with Gasteiger partial charge in [-0.15, -0.1) is 0 Å². The van der Waals surface area contributed by atoms with Gasteiger partial charge in [-0.25, -0.2) is 5.43 Å². The molecule has 0 saturated heterocycles. The number of nitrogens with one attached hydrogen (secondary N) is 1. The third-order valence-electron chi connectivity index (χ3n) is 2.94. The van der Waals surface area contributed by atoms with Gasteiger partial charge in [-0.2, -0.15) is 18.3 Å². The minimum atomic E-state index is -4.72. The van der Waals surface area contributed by atoms with Crippen molar-refractivity contribution in [1.82, 2.24) is 5.43 Å². The summed E-state index contributed by atoms with van der Waals surface area (Å²) in [6.07, 6.45) is -4.04. The van der Waals surface area contributed by atoms with Crippen LogP contribution in [0, 0.1) is 0 Å². The Bertz CT molecular complexity index is 791. The molecular formula is C15H9Cl2F3N2O2. The number of phenolic OH excluding ortho intramolecular Hbond substituents is 1. The first kappa shape index (κ1) is 18.1. The molecule has 0 fully saturated rings. The highest BCUT2D eigenvalue weighted by Crippen LogP contribution is 2.38. The van der Waals surface area contributed by atoms with Crippen LogP contribution in [0.3, 0.4) is 0 Å². The van der Waals surface area contributed by atoms with Crippen molar-refractivity contribution in [3.8, 4) is 5.75 Å².